The summed E-state index contributed by atoms with van der Waals surface area (Å²) in [6, 6.07) is 16.7. The normalized spacial score (nSPS) is 11.5. The van der Waals surface area contributed by atoms with Crippen LogP contribution >= 0.6 is 15.9 Å². The highest BCUT2D eigenvalue weighted by Crippen LogP contribution is 2.13. The topological polar surface area (TPSA) is 61.4 Å². The summed E-state index contributed by atoms with van der Waals surface area (Å²) < 4.78 is 0.904. The molecule has 0 aliphatic carbocycles. The van der Waals surface area contributed by atoms with E-state index in [9.17, 15) is 9.59 Å². The molecule has 0 aliphatic rings. The highest BCUT2D eigenvalue weighted by Gasteiger charge is 2.16. The number of anilines is 1. The first-order valence-electron chi connectivity index (χ1n) is 9.15. The molecule has 0 saturated heterocycles. The average molecular weight is 432 g/mol. The van der Waals surface area contributed by atoms with Gasteiger partial charge in [0.2, 0.25) is 5.91 Å². The van der Waals surface area contributed by atoms with Crippen molar-refractivity contribution in [2.24, 2.45) is 0 Å². The maximum atomic E-state index is 12.2. The fourth-order valence-corrected chi connectivity index (χ4v) is 2.95. The fraction of sp³-hybridized carbons (Fsp3) is 0.333. The number of carbonyl (C=O) groups is 2. The van der Waals surface area contributed by atoms with Gasteiger partial charge in [0.25, 0.3) is 5.91 Å². The number of carbonyl (C=O) groups excluding carboxylic acids is 2. The Kier molecular flexibility index (Phi) is 8.33. The van der Waals surface area contributed by atoms with Crippen molar-refractivity contribution in [1.29, 1.82) is 0 Å². The summed E-state index contributed by atoms with van der Waals surface area (Å²) in [6.45, 7) is 6.15. The van der Waals surface area contributed by atoms with Gasteiger partial charge in [-0.2, -0.15) is 0 Å². The lowest BCUT2D eigenvalue weighted by Crippen LogP contribution is -2.45. The van der Waals surface area contributed by atoms with Crippen molar-refractivity contribution in [3.8, 4) is 0 Å². The summed E-state index contributed by atoms with van der Waals surface area (Å²) in [5.41, 5.74) is 1.71. The first kappa shape index (κ1) is 21.0. The van der Waals surface area contributed by atoms with E-state index in [1.165, 1.54) is 5.69 Å². The molecule has 2 aromatic carbocycles. The summed E-state index contributed by atoms with van der Waals surface area (Å²) in [7, 11) is 0. The Labute approximate surface area is 169 Å². The molecule has 0 heterocycles. The zero-order valence-electron chi connectivity index (χ0n) is 15.7. The largest absolute Gasteiger partial charge is 0.372 e. The number of nitrogens with zero attached hydrogens (tertiary/aromatic N) is 1. The van der Waals surface area contributed by atoms with E-state index in [0.29, 0.717) is 12.1 Å². The number of para-hydroxylation sites is 1. The van der Waals surface area contributed by atoms with Gasteiger partial charge in [-0.15, -0.1) is 0 Å². The van der Waals surface area contributed by atoms with Crippen molar-refractivity contribution in [2.75, 3.05) is 24.5 Å². The van der Waals surface area contributed by atoms with Crippen molar-refractivity contribution in [3.63, 3.8) is 0 Å². The minimum Gasteiger partial charge on any atom is -0.372 e. The molecule has 144 valence electrons. The second kappa shape index (κ2) is 10.7. The molecule has 27 heavy (non-hydrogen) atoms. The molecule has 0 radical (unpaired) electrons. The van der Waals surface area contributed by atoms with Crippen molar-refractivity contribution < 1.29 is 9.59 Å². The lowest BCUT2D eigenvalue weighted by atomic mass is 10.2. The molecular formula is C21H26BrN3O2. The number of halogens is 1. The highest BCUT2D eigenvalue weighted by molar-refractivity contribution is 9.10. The molecule has 2 aromatic rings. The van der Waals surface area contributed by atoms with Gasteiger partial charge >= 0.3 is 0 Å². The fourth-order valence-electron chi connectivity index (χ4n) is 2.69. The molecule has 2 amide bonds. The van der Waals surface area contributed by atoms with Gasteiger partial charge in [-0.25, -0.2) is 0 Å². The van der Waals surface area contributed by atoms with Gasteiger partial charge in [0.1, 0.15) is 6.04 Å². The molecule has 2 N–H and O–H groups in total. The third kappa shape index (κ3) is 6.71. The van der Waals surface area contributed by atoms with Crippen molar-refractivity contribution >= 4 is 33.4 Å². The minimum absolute atomic E-state index is 0.178. The minimum atomic E-state index is -0.586. The number of amides is 2. The Bertz CT molecular complexity index is 735. The number of hydrogen-bond donors (Lipinski definition) is 2. The van der Waals surface area contributed by atoms with Crippen LogP contribution in [0.2, 0.25) is 0 Å². The van der Waals surface area contributed by atoms with Gasteiger partial charge in [0.15, 0.2) is 0 Å². The van der Waals surface area contributed by atoms with Crippen LogP contribution < -0.4 is 15.5 Å². The number of nitrogens with one attached hydrogen (secondary N) is 2. The van der Waals surface area contributed by atoms with Gasteiger partial charge in [-0.05, 0) is 56.7 Å². The van der Waals surface area contributed by atoms with Crippen LogP contribution in [-0.4, -0.2) is 37.5 Å². The summed E-state index contributed by atoms with van der Waals surface area (Å²) >= 11 is 3.33. The predicted molar refractivity (Wildman–Crippen MR) is 113 cm³/mol. The van der Waals surface area contributed by atoms with Crippen molar-refractivity contribution in [1.82, 2.24) is 10.6 Å². The van der Waals surface area contributed by atoms with E-state index >= 15 is 0 Å². The smallest absolute Gasteiger partial charge is 0.251 e. The van der Waals surface area contributed by atoms with Gasteiger partial charge in [0, 0.05) is 35.4 Å². The molecule has 0 fully saturated rings. The summed E-state index contributed by atoms with van der Waals surface area (Å²) in [5.74, 6) is -0.436. The third-order valence-corrected chi connectivity index (χ3v) is 4.78. The van der Waals surface area contributed by atoms with Crippen LogP contribution in [0.15, 0.2) is 59.1 Å². The van der Waals surface area contributed by atoms with Crippen LogP contribution in [-0.2, 0) is 4.79 Å². The highest BCUT2D eigenvalue weighted by atomic mass is 79.9. The van der Waals surface area contributed by atoms with E-state index in [1.807, 2.05) is 18.2 Å². The summed E-state index contributed by atoms with van der Waals surface area (Å²) in [6.07, 6.45) is 0.835. The number of hydrogen-bond acceptors (Lipinski definition) is 3. The second-order valence-electron chi connectivity index (χ2n) is 6.26. The third-order valence-electron chi connectivity index (χ3n) is 4.25. The number of rotatable bonds is 9. The van der Waals surface area contributed by atoms with Crippen LogP contribution in [0.4, 0.5) is 5.69 Å². The maximum Gasteiger partial charge on any atom is 0.251 e. The Hall–Kier alpha value is -2.34. The van der Waals surface area contributed by atoms with Crippen LogP contribution in [0.25, 0.3) is 0 Å². The Morgan fingerprint density at radius 2 is 1.74 bits per heavy atom. The standard InChI is InChI=1S/C21H26BrN3O2/c1-3-25(19-8-5-4-6-9-19)15-7-14-23-20(26)16(2)24-21(27)17-10-12-18(22)13-11-17/h4-6,8-13,16H,3,7,14-15H2,1-2H3,(H,23,26)(H,24,27)/t16-/m1/s1. The molecule has 0 aliphatic heterocycles. The molecule has 1 atom stereocenters. The van der Waals surface area contributed by atoms with Crippen LogP contribution in [0, 0.1) is 0 Å². The monoisotopic (exact) mass is 431 g/mol. The summed E-state index contributed by atoms with van der Waals surface area (Å²) in [4.78, 5) is 26.6. The van der Waals surface area contributed by atoms with Crippen molar-refractivity contribution in [2.45, 2.75) is 26.3 Å². The van der Waals surface area contributed by atoms with Crippen molar-refractivity contribution in [3.05, 3.63) is 64.6 Å². The molecule has 0 spiro atoms. The van der Waals surface area contributed by atoms with Crippen LogP contribution in [0.1, 0.15) is 30.6 Å². The molecule has 0 saturated carbocycles. The van der Waals surface area contributed by atoms with Crippen LogP contribution in [0.3, 0.4) is 0 Å². The van der Waals surface area contributed by atoms with Crippen LogP contribution in [0.5, 0.6) is 0 Å². The lowest BCUT2D eigenvalue weighted by molar-refractivity contribution is -0.122. The van der Waals surface area contributed by atoms with E-state index in [2.05, 4.69) is 50.5 Å². The van der Waals surface area contributed by atoms with Gasteiger partial charge < -0.3 is 15.5 Å². The van der Waals surface area contributed by atoms with E-state index in [4.69, 9.17) is 0 Å². The van der Waals surface area contributed by atoms with Gasteiger partial charge in [-0.1, -0.05) is 34.1 Å². The molecule has 2 rings (SSSR count). The second-order valence-corrected chi connectivity index (χ2v) is 7.18. The van der Waals surface area contributed by atoms with E-state index in [0.717, 1.165) is 24.0 Å². The quantitative estimate of drug-likeness (QED) is 0.596. The van der Waals surface area contributed by atoms with E-state index < -0.39 is 6.04 Å². The van der Waals surface area contributed by atoms with E-state index in [1.54, 1.807) is 31.2 Å². The number of benzene rings is 2. The zero-order valence-corrected chi connectivity index (χ0v) is 17.3. The first-order valence-corrected chi connectivity index (χ1v) is 9.94. The first-order chi connectivity index (χ1) is 13.0. The lowest BCUT2D eigenvalue weighted by Gasteiger charge is -2.23. The SMILES string of the molecule is CCN(CCCNC(=O)[C@@H](C)NC(=O)c1ccc(Br)cc1)c1ccccc1. The van der Waals surface area contributed by atoms with E-state index in [-0.39, 0.29) is 11.8 Å². The Morgan fingerprint density at radius 1 is 1.07 bits per heavy atom. The zero-order chi connectivity index (χ0) is 19.6. The Morgan fingerprint density at radius 3 is 2.37 bits per heavy atom. The molecule has 6 heteroatoms. The molecule has 0 unspecified atom stereocenters. The predicted octanol–water partition coefficient (Wildman–Crippen LogP) is 3.60. The maximum absolute atomic E-state index is 12.2. The molecule has 0 bridgehead atoms. The average Bonchev–Trinajstić information content (AvgIpc) is 2.69. The molecular weight excluding hydrogens is 406 g/mol. The van der Waals surface area contributed by atoms with Gasteiger partial charge in [0.05, 0.1) is 0 Å². The molecule has 0 aromatic heterocycles. The van der Waals surface area contributed by atoms with Gasteiger partial charge in [-0.3, -0.25) is 9.59 Å². The Balaban J connectivity index is 1.73. The molecule has 5 nitrogen and oxygen atoms in total. The summed E-state index contributed by atoms with van der Waals surface area (Å²) in [5, 5.41) is 5.62.